The molecular formula is C25H32N2O4. The molecule has 2 aromatic rings. The van der Waals surface area contributed by atoms with Gasteiger partial charge >= 0.3 is 0 Å². The molecule has 2 aliphatic rings. The summed E-state index contributed by atoms with van der Waals surface area (Å²) in [5.41, 5.74) is 3.80. The monoisotopic (exact) mass is 424 g/mol. The van der Waals surface area contributed by atoms with Gasteiger partial charge < -0.3 is 19.1 Å². The van der Waals surface area contributed by atoms with E-state index >= 15 is 0 Å². The second-order valence-corrected chi connectivity index (χ2v) is 8.28. The number of fused-ring (bicyclic) bond motifs is 1. The van der Waals surface area contributed by atoms with E-state index in [1.54, 1.807) is 21.3 Å². The lowest BCUT2D eigenvalue weighted by molar-refractivity contribution is -0.130. The van der Waals surface area contributed by atoms with Crippen molar-refractivity contribution in [1.29, 1.82) is 0 Å². The summed E-state index contributed by atoms with van der Waals surface area (Å²) >= 11 is 0. The van der Waals surface area contributed by atoms with Crippen LogP contribution in [0.15, 0.2) is 36.4 Å². The predicted octanol–water partition coefficient (Wildman–Crippen LogP) is 3.30. The average molecular weight is 425 g/mol. The van der Waals surface area contributed by atoms with Crippen LogP contribution in [-0.4, -0.2) is 62.7 Å². The maximum absolute atomic E-state index is 13.0. The topological polar surface area (TPSA) is 51.2 Å². The molecular weight excluding hydrogens is 392 g/mol. The van der Waals surface area contributed by atoms with E-state index < -0.39 is 0 Å². The average Bonchev–Trinajstić information content (AvgIpc) is 3.32. The highest BCUT2D eigenvalue weighted by Gasteiger charge is 2.32. The van der Waals surface area contributed by atoms with Gasteiger partial charge in [-0.2, -0.15) is 0 Å². The van der Waals surface area contributed by atoms with E-state index in [0.29, 0.717) is 36.1 Å². The number of amides is 1. The molecule has 6 nitrogen and oxygen atoms in total. The van der Waals surface area contributed by atoms with Crippen molar-refractivity contribution in [3.63, 3.8) is 0 Å². The van der Waals surface area contributed by atoms with E-state index in [1.165, 1.54) is 11.1 Å². The fraction of sp³-hybridized carbons (Fsp3) is 0.480. The van der Waals surface area contributed by atoms with Gasteiger partial charge in [0.2, 0.25) is 5.91 Å². The second-order valence-electron chi connectivity index (χ2n) is 8.28. The van der Waals surface area contributed by atoms with E-state index in [-0.39, 0.29) is 5.91 Å². The molecule has 2 heterocycles. The van der Waals surface area contributed by atoms with Crippen LogP contribution >= 0.6 is 0 Å². The number of carbonyl (C=O) groups excluding carboxylic acids is 1. The molecule has 2 aliphatic heterocycles. The van der Waals surface area contributed by atoms with E-state index in [9.17, 15) is 4.79 Å². The SMILES string of the molecule is COc1cc(OC)c(CCC(=O)N2CCC(N3CCc4ccccc4C3)C2)c(OC)c1. The van der Waals surface area contributed by atoms with Gasteiger partial charge in [0.05, 0.1) is 21.3 Å². The molecule has 31 heavy (non-hydrogen) atoms. The van der Waals surface area contributed by atoms with E-state index in [4.69, 9.17) is 14.2 Å². The number of ether oxygens (including phenoxy) is 3. The molecule has 0 aliphatic carbocycles. The fourth-order valence-corrected chi connectivity index (χ4v) is 4.81. The molecule has 1 fully saturated rings. The summed E-state index contributed by atoms with van der Waals surface area (Å²) in [6.45, 7) is 3.71. The minimum atomic E-state index is 0.194. The highest BCUT2D eigenvalue weighted by molar-refractivity contribution is 5.77. The van der Waals surface area contributed by atoms with Gasteiger partial charge in [-0.15, -0.1) is 0 Å². The van der Waals surface area contributed by atoms with Crippen LogP contribution in [0.2, 0.25) is 0 Å². The van der Waals surface area contributed by atoms with Crippen LogP contribution in [0.3, 0.4) is 0 Å². The molecule has 1 atom stereocenters. The molecule has 0 spiro atoms. The van der Waals surface area contributed by atoms with Crippen LogP contribution in [0.5, 0.6) is 17.2 Å². The Morgan fingerprint density at radius 2 is 1.71 bits per heavy atom. The molecule has 6 heteroatoms. The highest BCUT2D eigenvalue weighted by atomic mass is 16.5. The summed E-state index contributed by atoms with van der Waals surface area (Å²) in [6.07, 6.45) is 3.16. The standard InChI is InChI=1S/C25H32N2O4/c1-29-21-14-23(30-2)22(24(15-21)31-3)8-9-25(28)27-13-11-20(17-27)26-12-10-18-6-4-5-7-19(18)16-26/h4-7,14-15,20H,8-13,16-17H2,1-3H3. The molecule has 0 N–H and O–H groups in total. The maximum Gasteiger partial charge on any atom is 0.222 e. The number of carbonyl (C=O) groups is 1. The number of likely N-dealkylation sites (tertiary alicyclic amines) is 1. The van der Waals surface area contributed by atoms with Gasteiger partial charge in [0.15, 0.2) is 0 Å². The van der Waals surface area contributed by atoms with Crippen molar-refractivity contribution in [3.05, 3.63) is 53.1 Å². The van der Waals surface area contributed by atoms with Gasteiger partial charge in [-0.05, 0) is 30.4 Å². The van der Waals surface area contributed by atoms with Gasteiger partial charge in [0, 0.05) is 56.3 Å². The van der Waals surface area contributed by atoms with Crippen LogP contribution in [-0.2, 0) is 24.2 Å². The number of rotatable bonds is 7. The summed E-state index contributed by atoms with van der Waals surface area (Å²) in [5.74, 6) is 2.25. The van der Waals surface area contributed by atoms with Crippen LogP contribution < -0.4 is 14.2 Å². The number of hydrogen-bond acceptors (Lipinski definition) is 5. The summed E-state index contributed by atoms with van der Waals surface area (Å²) < 4.78 is 16.4. The number of benzene rings is 2. The smallest absolute Gasteiger partial charge is 0.222 e. The Morgan fingerprint density at radius 3 is 2.39 bits per heavy atom. The van der Waals surface area contributed by atoms with Crippen LogP contribution in [0.4, 0.5) is 0 Å². The molecule has 0 bridgehead atoms. The van der Waals surface area contributed by atoms with Crippen LogP contribution in [0, 0.1) is 0 Å². The third-order valence-electron chi connectivity index (χ3n) is 6.60. The Hall–Kier alpha value is -2.73. The first-order chi connectivity index (χ1) is 15.1. The first-order valence-corrected chi connectivity index (χ1v) is 11.0. The molecule has 4 rings (SSSR count). The van der Waals surface area contributed by atoms with Crippen molar-refractivity contribution in [2.45, 2.75) is 38.3 Å². The van der Waals surface area contributed by atoms with Gasteiger partial charge in [-0.1, -0.05) is 24.3 Å². The van der Waals surface area contributed by atoms with E-state index in [1.807, 2.05) is 17.0 Å². The van der Waals surface area contributed by atoms with Crippen molar-refractivity contribution in [3.8, 4) is 17.2 Å². The summed E-state index contributed by atoms with van der Waals surface area (Å²) in [5, 5.41) is 0. The molecule has 1 saturated heterocycles. The van der Waals surface area contributed by atoms with Gasteiger partial charge in [-0.25, -0.2) is 0 Å². The Balaban J connectivity index is 1.36. The Labute approximate surface area is 184 Å². The lowest BCUT2D eigenvalue weighted by Gasteiger charge is -2.33. The minimum absolute atomic E-state index is 0.194. The second kappa shape index (κ2) is 9.60. The number of hydrogen-bond donors (Lipinski definition) is 0. The van der Waals surface area contributed by atoms with Crippen LogP contribution in [0.1, 0.15) is 29.5 Å². The first kappa shape index (κ1) is 21.5. The third kappa shape index (κ3) is 4.64. The zero-order valence-electron chi connectivity index (χ0n) is 18.7. The Morgan fingerprint density at radius 1 is 1.00 bits per heavy atom. The Bertz CT molecular complexity index is 904. The van der Waals surface area contributed by atoms with Crippen molar-refractivity contribution in [2.24, 2.45) is 0 Å². The van der Waals surface area contributed by atoms with Gasteiger partial charge in [0.1, 0.15) is 17.2 Å². The molecule has 2 aromatic carbocycles. The zero-order valence-corrected chi connectivity index (χ0v) is 18.7. The lowest BCUT2D eigenvalue weighted by Crippen LogP contribution is -2.41. The van der Waals surface area contributed by atoms with Gasteiger partial charge in [0.25, 0.3) is 0 Å². The molecule has 1 unspecified atom stereocenters. The Kier molecular flexibility index (Phi) is 6.66. The third-order valence-corrected chi connectivity index (χ3v) is 6.60. The van der Waals surface area contributed by atoms with Crippen molar-refractivity contribution >= 4 is 5.91 Å². The summed E-state index contributed by atoms with van der Waals surface area (Å²) in [7, 11) is 4.87. The molecule has 166 valence electrons. The predicted molar refractivity (Wildman–Crippen MR) is 120 cm³/mol. The lowest BCUT2D eigenvalue weighted by atomic mass is 9.98. The highest BCUT2D eigenvalue weighted by Crippen LogP contribution is 2.35. The fourth-order valence-electron chi connectivity index (χ4n) is 4.81. The maximum atomic E-state index is 13.0. The van der Waals surface area contributed by atoms with Gasteiger partial charge in [-0.3, -0.25) is 9.69 Å². The van der Waals surface area contributed by atoms with Crippen molar-refractivity contribution in [1.82, 2.24) is 9.80 Å². The number of methoxy groups -OCH3 is 3. The first-order valence-electron chi connectivity index (χ1n) is 11.0. The molecule has 0 aromatic heterocycles. The molecule has 1 amide bonds. The minimum Gasteiger partial charge on any atom is -0.496 e. The summed E-state index contributed by atoms with van der Waals surface area (Å²) in [4.78, 5) is 17.5. The number of nitrogens with zero attached hydrogens (tertiary/aromatic N) is 2. The van der Waals surface area contributed by atoms with Crippen LogP contribution in [0.25, 0.3) is 0 Å². The van der Waals surface area contributed by atoms with Crippen molar-refractivity contribution in [2.75, 3.05) is 41.0 Å². The van der Waals surface area contributed by atoms with E-state index in [2.05, 4.69) is 29.2 Å². The normalized spacial score (nSPS) is 18.5. The largest absolute Gasteiger partial charge is 0.496 e. The quantitative estimate of drug-likeness (QED) is 0.683. The zero-order chi connectivity index (χ0) is 21.8. The van der Waals surface area contributed by atoms with E-state index in [0.717, 1.165) is 44.6 Å². The van der Waals surface area contributed by atoms with Crippen molar-refractivity contribution < 1.29 is 19.0 Å². The molecule has 0 radical (unpaired) electrons. The summed E-state index contributed by atoms with van der Waals surface area (Å²) in [6, 6.07) is 12.8. The molecule has 0 saturated carbocycles.